The number of hydrogen-bond acceptors (Lipinski definition) is 4. The second-order valence-corrected chi connectivity index (χ2v) is 11.6. The lowest BCUT2D eigenvalue weighted by Gasteiger charge is -2.20. The van der Waals surface area contributed by atoms with Crippen molar-refractivity contribution >= 4 is 28.5 Å². The van der Waals surface area contributed by atoms with E-state index in [2.05, 4.69) is 21.7 Å². The zero-order valence-corrected chi connectivity index (χ0v) is 26.5. The second kappa shape index (κ2) is 14.5. The van der Waals surface area contributed by atoms with Crippen LogP contribution in [0.3, 0.4) is 0 Å². The number of fused-ring (bicyclic) bond motifs is 1. The quantitative estimate of drug-likeness (QED) is 0.154. The lowest BCUT2D eigenvalue weighted by molar-refractivity contribution is -0.137. The third kappa shape index (κ3) is 8.20. The van der Waals surface area contributed by atoms with Gasteiger partial charge in [-0.2, -0.15) is 13.2 Å². The van der Waals surface area contributed by atoms with Crippen molar-refractivity contribution in [1.29, 1.82) is 0 Å². The molecule has 0 radical (unpaired) electrons. The van der Waals surface area contributed by atoms with Crippen LogP contribution >= 0.6 is 0 Å². The molecule has 9 heteroatoms. The Bertz CT molecular complexity index is 2100. The lowest BCUT2D eigenvalue weighted by Crippen LogP contribution is -2.31. The van der Waals surface area contributed by atoms with E-state index in [1.54, 1.807) is 54.6 Å². The molecule has 1 aromatic heterocycles. The number of benzene rings is 5. The fourth-order valence-corrected chi connectivity index (χ4v) is 5.54. The number of carbonyl (C=O) groups excluding carboxylic acids is 2. The topological polar surface area (TPSA) is 80.3 Å². The number of alkyl halides is 3. The summed E-state index contributed by atoms with van der Waals surface area (Å²) < 4.78 is 45.2. The summed E-state index contributed by atoms with van der Waals surface area (Å²) in [4.78, 5) is 31.3. The van der Waals surface area contributed by atoms with Crippen molar-refractivity contribution in [2.24, 2.45) is 0 Å². The maximum Gasteiger partial charge on any atom is 0.416 e. The molecule has 0 saturated carbocycles. The van der Waals surface area contributed by atoms with Crippen molar-refractivity contribution in [3.8, 4) is 11.1 Å². The molecule has 0 aliphatic carbocycles. The fourth-order valence-electron chi connectivity index (χ4n) is 5.54. The average Bonchev–Trinajstić information content (AvgIpc) is 3.11. The molecule has 0 bridgehead atoms. The molecule has 49 heavy (non-hydrogen) atoms. The van der Waals surface area contributed by atoms with E-state index < -0.39 is 17.6 Å². The number of aromatic nitrogens is 1. The molecule has 2 N–H and O–H groups in total. The molecule has 6 rings (SSSR count). The van der Waals surface area contributed by atoms with Crippen LogP contribution in [0.15, 0.2) is 133 Å². The number of amides is 2. The van der Waals surface area contributed by atoms with Gasteiger partial charge in [0.25, 0.3) is 11.8 Å². The summed E-state index contributed by atoms with van der Waals surface area (Å²) in [6.45, 7) is 2.73. The van der Waals surface area contributed by atoms with Crippen LogP contribution in [-0.4, -0.2) is 23.4 Å². The van der Waals surface area contributed by atoms with Crippen molar-refractivity contribution in [3.63, 3.8) is 0 Å². The molecule has 6 aromatic rings. The fraction of sp³-hybridized carbons (Fsp3) is 0.125. The maximum atomic E-state index is 13.4. The van der Waals surface area contributed by atoms with Crippen LogP contribution in [0.1, 0.15) is 49.0 Å². The summed E-state index contributed by atoms with van der Waals surface area (Å²) in [5.41, 5.74) is 4.61. The number of nitrogens with zero attached hydrogens (tertiary/aromatic N) is 1. The van der Waals surface area contributed by atoms with Gasteiger partial charge in [-0.25, -0.2) is 4.98 Å². The van der Waals surface area contributed by atoms with Crippen LogP contribution in [0.5, 0.6) is 0 Å². The number of hydrogen-bond donors (Lipinski definition) is 2. The van der Waals surface area contributed by atoms with Gasteiger partial charge in [0.05, 0.1) is 30.3 Å². The number of rotatable bonds is 10. The molecule has 0 aliphatic heterocycles. The summed E-state index contributed by atoms with van der Waals surface area (Å²) in [5.74, 6) is -0.450. The molecule has 0 unspecified atom stereocenters. The van der Waals surface area contributed by atoms with E-state index in [4.69, 9.17) is 4.74 Å². The Morgan fingerprint density at radius 3 is 2.29 bits per heavy atom. The highest BCUT2D eigenvalue weighted by molar-refractivity contribution is 6.08. The van der Waals surface area contributed by atoms with Crippen molar-refractivity contribution < 1.29 is 27.5 Å². The van der Waals surface area contributed by atoms with Gasteiger partial charge in [0, 0.05) is 16.5 Å². The molecule has 0 fully saturated rings. The molecule has 2 amide bonds. The Balaban J connectivity index is 1.15. The molecule has 246 valence electrons. The first-order valence-corrected chi connectivity index (χ1v) is 15.6. The second-order valence-electron chi connectivity index (χ2n) is 11.6. The molecule has 1 heterocycles. The zero-order chi connectivity index (χ0) is 34.4. The van der Waals surface area contributed by atoms with E-state index in [-0.39, 0.29) is 29.9 Å². The maximum absolute atomic E-state index is 13.4. The predicted molar refractivity (Wildman–Crippen MR) is 184 cm³/mol. The van der Waals surface area contributed by atoms with Crippen LogP contribution < -0.4 is 10.6 Å². The Kier molecular flexibility index (Phi) is 9.82. The first kappa shape index (κ1) is 33.1. The molecular weight excluding hydrogens is 627 g/mol. The molecule has 5 aromatic carbocycles. The van der Waals surface area contributed by atoms with Gasteiger partial charge in [-0.1, -0.05) is 90.5 Å². The third-order valence-corrected chi connectivity index (χ3v) is 8.03. The van der Waals surface area contributed by atoms with E-state index >= 15 is 0 Å². The largest absolute Gasteiger partial charge is 0.416 e. The van der Waals surface area contributed by atoms with Crippen LogP contribution in [0, 0.1) is 6.92 Å². The normalized spacial score (nSPS) is 12.0. The Labute approximate surface area is 281 Å². The predicted octanol–water partition coefficient (Wildman–Crippen LogP) is 9.17. The molecular formula is C40H32F3N3O3. The number of aryl methyl sites for hydroxylation is 1. The van der Waals surface area contributed by atoms with Crippen LogP contribution in [0.2, 0.25) is 0 Å². The van der Waals surface area contributed by atoms with Gasteiger partial charge in [-0.3, -0.25) is 9.59 Å². The Hall–Kier alpha value is -5.80. The number of halogens is 3. The summed E-state index contributed by atoms with van der Waals surface area (Å²) >= 11 is 0. The number of anilines is 1. The average molecular weight is 660 g/mol. The summed E-state index contributed by atoms with van der Waals surface area (Å²) in [6, 6.07) is 37.2. The highest BCUT2D eigenvalue weighted by atomic mass is 19.4. The molecule has 6 nitrogen and oxygen atoms in total. The molecule has 0 aliphatic rings. The number of carbonyl (C=O) groups is 2. The standard InChI is InChI=1S/C40H32F3N3O3/c1-26-8-7-9-27(22-26)24-49-25-36(29-10-3-2-4-11-29)45-38(47)31-16-20-35-30(23-31)17-21-37(44-35)46-39(48)34-13-6-5-12-33(34)28-14-18-32(19-15-28)40(41,42)43/h2-23,36H,24-25H2,1H3,(H,45,47)(H,44,46,48)/t36-/m1/s1. The van der Waals surface area contributed by atoms with Gasteiger partial charge < -0.3 is 15.4 Å². The van der Waals surface area contributed by atoms with Gasteiger partial charge >= 0.3 is 6.18 Å². The van der Waals surface area contributed by atoms with E-state index in [9.17, 15) is 22.8 Å². The molecule has 0 saturated heterocycles. The Morgan fingerprint density at radius 2 is 1.53 bits per heavy atom. The van der Waals surface area contributed by atoms with Gasteiger partial charge in [0.1, 0.15) is 5.82 Å². The monoisotopic (exact) mass is 659 g/mol. The first-order chi connectivity index (χ1) is 23.6. The first-order valence-electron chi connectivity index (χ1n) is 15.6. The van der Waals surface area contributed by atoms with Crippen molar-refractivity contribution in [2.45, 2.75) is 25.7 Å². The SMILES string of the molecule is Cc1cccc(COC[C@@H](NC(=O)c2ccc3nc(NC(=O)c4ccccc4-c4ccc(C(F)(F)F)cc4)ccc3c2)c2ccccc2)c1. The van der Waals surface area contributed by atoms with Crippen LogP contribution in [-0.2, 0) is 17.5 Å². The summed E-state index contributed by atoms with van der Waals surface area (Å²) in [7, 11) is 0. The van der Waals surface area contributed by atoms with Gasteiger partial charge in [-0.15, -0.1) is 0 Å². The van der Waals surface area contributed by atoms with Crippen molar-refractivity contribution in [3.05, 3.63) is 167 Å². The highest BCUT2D eigenvalue weighted by Gasteiger charge is 2.30. The van der Waals surface area contributed by atoms with Gasteiger partial charge in [0.15, 0.2) is 0 Å². The molecule has 0 spiro atoms. The minimum atomic E-state index is -4.46. The van der Waals surface area contributed by atoms with Gasteiger partial charge in [-0.05, 0) is 77.7 Å². The lowest BCUT2D eigenvalue weighted by atomic mass is 9.98. The van der Waals surface area contributed by atoms with E-state index in [1.165, 1.54) is 12.1 Å². The number of ether oxygens (including phenoxy) is 1. The summed E-state index contributed by atoms with van der Waals surface area (Å²) in [6.07, 6.45) is -4.46. The zero-order valence-electron chi connectivity index (χ0n) is 26.5. The van der Waals surface area contributed by atoms with Crippen molar-refractivity contribution in [1.82, 2.24) is 10.3 Å². The third-order valence-electron chi connectivity index (χ3n) is 8.03. The number of pyridine rings is 1. The van der Waals surface area contributed by atoms with Crippen LogP contribution in [0.25, 0.3) is 22.0 Å². The van der Waals surface area contributed by atoms with E-state index in [0.29, 0.717) is 34.2 Å². The smallest absolute Gasteiger partial charge is 0.374 e. The summed E-state index contributed by atoms with van der Waals surface area (Å²) in [5, 5.41) is 6.59. The van der Waals surface area contributed by atoms with Crippen molar-refractivity contribution in [2.75, 3.05) is 11.9 Å². The minimum Gasteiger partial charge on any atom is -0.374 e. The number of nitrogens with one attached hydrogen (secondary N) is 2. The molecule has 1 atom stereocenters. The van der Waals surface area contributed by atoms with E-state index in [1.807, 2.05) is 55.5 Å². The minimum absolute atomic E-state index is 0.271. The van der Waals surface area contributed by atoms with Gasteiger partial charge in [0.2, 0.25) is 0 Å². The van der Waals surface area contributed by atoms with Crippen LogP contribution in [0.4, 0.5) is 19.0 Å². The Morgan fingerprint density at radius 1 is 0.776 bits per heavy atom. The highest BCUT2D eigenvalue weighted by Crippen LogP contribution is 2.32. The van der Waals surface area contributed by atoms with E-state index in [0.717, 1.165) is 28.8 Å².